The van der Waals surface area contributed by atoms with E-state index in [1.807, 2.05) is 0 Å². The third-order valence-electron chi connectivity index (χ3n) is 4.65. The highest BCUT2D eigenvalue weighted by Crippen LogP contribution is 2.30. The van der Waals surface area contributed by atoms with Gasteiger partial charge in [0.15, 0.2) is 0 Å². The molecule has 0 radical (unpaired) electrons. The van der Waals surface area contributed by atoms with Crippen LogP contribution in [0.4, 0.5) is 5.69 Å². The van der Waals surface area contributed by atoms with Gasteiger partial charge in [-0.3, -0.25) is 9.52 Å². The van der Waals surface area contributed by atoms with Crippen molar-refractivity contribution in [2.75, 3.05) is 32.0 Å². The fraction of sp³-hybridized carbons (Fsp3) is 0.350. The SMILES string of the molecule is COc1ccc(Cl)cc1NS(=O)(=O)c1cccc(C(=O)N(C)CC2CCCO2)c1. The minimum Gasteiger partial charge on any atom is -0.495 e. The van der Waals surface area contributed by atoms with Crippen LogP contribution in [0.25, 0.3) is 0 Å². The fourth-order valence-electron chi connectivity index (χ4n) is 3.16. The van der Waals surface area contributed by atoms with Crippen molar-refractivity contribution < 1.29 is 22.7 Å². The first-order valence-corrected chi connectivity index (χ1v) is 11.0. The summed E-state index contributed by atoms with van der Waals surface area (Å²) >= 11 is 5.97. The van der Waals surface area contributed by atoms with Crippen LogP contribution in [0.5, 0.6) is 5.75 Å². The van der Waals surface area contributed by atoms with Crippen LogP contribution in [-0.4, -0.2) is 52.6 Å². The van der Waals surface area contributed by atoms with Crippen molar-refractivity contribution in [3.63, 3.8) is 0 Å². The fourth-order valence-corrected chi connectivity index (χ4v) is 4.44. The average molecular weight is 439 g/mol. The standard InChI is InChI=1S/C20H23ClN2O5S/c1-23(13-16-6-4-10-28-16)20(24)14-5-3-7-17(11-14)29(25,26)22-18-12-15(21)8-9-19(18)27-2/h3,5,7-9,11-12,16,22H,4,6,10,13H2,1-2H3. The van der Waals surface area contributed by atoms with Crippen molar-refractivity contribution in [1.82, 2.24) is 4.90 Å². The molecule has 1 N–H and O–H groups in total. The van der Waals surface area contributed by atoms with Crippen LogP contribution < -0.4 is 9.46 Å². The maximum atomic E-state index is 12.8. The van der Waals surface area contributed by atoms with E-state index in [1.165, 1.54) is 31.4 Å². The molecule has 3 rings (SSSR count). The predicted octanol–water partition coefficient (Wildman–Crippen LogP) is 3.40. The molecule has 2 aromatic rings. The molecule has 1 unspecified atom stereocenters. The summed E-state index contributed by atoms with van der Waals surface area (Å²) in [4.78, 5) is 14.3. The molecule has 1 amide bonds. The summed E-state index contributed by atoms with van der Waals surface area (Å²) < 4.78 is 38.9. The smallest absolute Gasteiger partial charge is 0.262 e. The summed E-state index contributed by atoms with van der Waals surface area (Å²) in [5.41, 5.74) is 0.499. The van der Waals surface area contributed by atoms with Gasteiger partial charge >= 0.3 is 0 Å². The summed E-state index contributed by atoms with van der Waals surface area (Å²) in [5.74, 6) is 0.0689. The van der Waals surface area contributed by atoms with Gasteiger partial charge in [-0.1, -0.05) is 17.7 Å². The number of amides is 1. The molecule has 1 atom stereocenters. The van der Waals surface area contributed by atoms with Gasteiger partial charge in [0.05, 0.1) is 23.8 Å². The molecule has 7 nitrogen and oxygen atoms in total. The molecule has 1 heterocycles. The highest BCUT2D eigenvalue weighted by molar-refractivity contribution is 7.92. The molecular weight excluding hydrogens is 416 g/mol. The maximum absolute atomic E-state index is 12.8. The third-order valence-corrected chi connectivity index (χ3v) is 6.24. The van der Waals surface area contributed by atoms with E-state index in [2.05, 4.69) is 4.72 Å². The number of rotatable bonds is 7. The number of halogens is 1. The number of nitrogens with one attached hydrogen (secondary N) is 1. The Bertz CT molecular complexity index is 990. The number of benzene rings is 2. The Labute approximate surface area is 175 Å². The number of anilines is 1. The zero-order chi connectivity index (χ0) is 21.0. The number of sulfonamides is 1. The number of hydrogen-bond donors (Lipinski definition) is 1. The second-order valence-electron chi connectivity index (χ2n) is 6.80. The molecule has 0 bridgehead atoms. The van der Waals surface area contributed by atoms with Gasteiger partial charge in [0.25, 0.3) is 15.9 Å². The molecule has 0 aliphatic carbocycles. The van der Waals surface area contributed by atoms with Crippen molar-refractivity contribution in [2.45, 2.75) is 23.8 Å². The number of carbonyl (C=O) groups is 1. The second-order valence-corrected chi connectivity index (χ2v) is 8.92. The molecular formula is C20H23ClN2O5S. The summed E-state index contributed by atoms with van der Waals surface area (Å²) in [7, 11) is -0.835. The van der Waals surface area contributed by atoms with E-state index in [0.717, 1.165) is 12.8 Å². The van der Waals surface area contributed by atoms with Crippen molar-refractivity contribution in [3.8, 4) is 5.75 Å². The van der Waals surface area contributed by atoms with Crippen molar-refractivity contribution >= 4 is 33.2 Å². The first kappa shape index (κ1) is 21.4. The Hall–Kier alpha value is -2.29. The van der Waals surface area contributed by atoms with Crippen LogP contribution in [0.2, 0.25) is 5.02 Å². The lowest BCUT2D eigenvalue weighted by molar-refractivity contribution is 0.0587. The van der Waals surface area contributed by atoms with Crippen LogP contribution in [0.3, 0.4) is 0 Å². The predicted molar refractivity (Wildman–Crippen MR) is 111 cm³/mol. The van der Waals surface area contributed by atoms with E-state index >= 15 is 0 Å². The quantitative estimate of drug-likeness (QED) is 0.716. The van der Waals surface area contributed by atoms with Crippen LogP contribution in [0.1, 0.15) is 23.2 Å². The van der Waals surface area contributed by atoms with E-state index in [9.17, 15) is 13.2 Å². The van der Waals surface area contributed by atoms with Gasteiger partial charge in [-0.15, -0.1) is 0 Å². The molecule has 0 saturated carbocycles. The molecule has 0 aromatic heterocycles. The third kappa shape index (κ3) is 5.20. The van der Waals surface area contributed by atoms with Crippen LogP contribution in [0.15, 0.2) is 47.4 Å². The molecule has 2 aromatic carbocycles. The summed E-state index contributed by atoms with van der Waals surface area (Å²) in [5, 5.41) is 0.364. The van der Waals surface area contributed by atoms with Gasteiger partial charge in [0.2, 0.25) is 0 Å². The lowest BCUT2D eigenvalue weighted by atomic mass is 10.2. The Morgan fingerprint density at radius 1 is 1.31 bits per heavy atom. The van der Waals surface area contributed by atoms with Gasteiger partial charge < -0.3 is 14.4 Å². The largest absolute Gasteiger partial charge is 0.495 e. The average Bonchev–Trinajstić information content (AvgIpc) is 3.20. The molecule has 1 fully saturated rings. The maximum Gasteiger partial charge on any atom is 0.262 e. The molecule has 29 heavy (non-hydrogen) atoms. The van der Waals surface area contributed by atoms with E-state index in [4.69, 9.17) is 21.1 Å². The second kappa shape index (κ2) is 9.02. The molecule has 1 aliphatic heterocycles. The topological polar surface area (TPSA) is 84.9 Å². The highest BCUT2D eigenvalue weighted by Gasteiger charge is 2.23. The van der Waals surface area contributed by atoms with Crippen LogP contribution in [-0.2, 0) is 14.8 Å². The zero-order valence-corrected chi connectivity index (χ0v) is 17.8. The molecule has 0 spiro atoms. The van der Waals surface area contributed by atoms with E-state index < -0.39 is 10.0 Å². The Balaban J connectivity index is 1.80. The number of nitrogens with zero attached hydrogens (tertiary/aromatic N) is 1. The highest BCUT2D eigenvalue weighted by atomic mass is 35.5. The van der Waals surface area contributed by atoms with Gasteiger partial charge in [-0.05, 0) is 49.2 Å². The normalized spacial score (nSPS) is 16.4. The minimum absolute atomic E-state index is 0.0211. The first-order valence-electron chi connectivity index (χ1n) is 9.13. The number of likely N-dealkylation sites (N-methyl/N-ethyl adjacent to an activating group) is 1. The van der Waals surface area contributed by atoms with Crippen LogP contribution >= 0.6 is 11.6 Å². The number of carbonyl (C=O) groups excluding carboxylic acids is 1. The van der Waals surface area contributed by atoms with E-state index in [0.29, 0.717) is 23.9 Å². The molecule has 156 valence electrons. The summed E-state index contributed by atoms with van der Waals surface area (Å²) in [6.45, 7) is 1.17. The molecule has 1 aliphatic rings. The zero-order valence-electron chi connectivity index (χ0n) is 16.2. The van der Waals surface area contributed by atoms with Gasteiger partial charge in [0, 0.05) is 30.8 Å². The van der Waals surface area contributed by atoms with Gasteiger partial charge in [-0.2, -0.15) is 0 Å². The van der Waals surface area contributed by atoms with Crippen molar-refractivity contribution in [2.24, 2.45) is 0 Å². The minimum atomic E-state index is -3.95. The molecule has 1 saturated heterocycles. The number of methoxy groups -OCH3 is 1. The lowest BCUT2D eigenvalue weighted by Gasteiger charge is -2.21. The van der Waals surface area contributed by atoms with Gasteiger partial charge in [0.1, 0.15) is 5.75 Å². The Morgan fingerprint density at radius 3 is 2.79 bits per heavy atom. The first-order chi connectivity index (χ1) is 13.8. The number of ether oxygens (including phenoxy) is 2. The van der Waals surface area contributed by atoms with Crippen molar-refractivity contribution in [3.05, 3.63) is 53.1 Å². The van der Waals surface area contributed by atoms with Gasteiger partial charge in [-0.25, -0.2) is 8.42 Å². The number of hydrogen-bond acceptors (Lipinski definition) is 5. The Kier molecular flexibility index (Phi) is 6.66. The summed E-state index contributed by atoms with van der Waals surface area (Å²) in [6.07, 6.45) is 1.92. The Morgan fingerprint density at radius 2 is 2.10 bits per heavy atom. The summed E-state index contributed by atoms with van der Waals surface area (Å²) in [6, 6.07) is 10.5. The van der Waals surface area contributed by atoms with Crippen LogP contribution in [0, 0.1) is 0 Å². The van der Waals surface area contributed by atoms with Crippen molar-refractivity contribution in [1.29, 1.82) is 0 Å². The molecule has 9 heteroatoms. The lowest BCUT2D eigenvalue weighted by Crippen LogP contribution is -2.34. The van der Waals surface area contributed by atoms with E-state index in [-0.39, 0.29) is 28.2 Å². The van der Waals surface area contributed by atoms with E-state index in [1.54, 1.807) is 30.1 Å². The monoisotopic (exact) mass is 438 g/mol.